The number of anilines is 1. The van der Waals surface area contributed by atoms with E-state index in [4.69, 9.17) is 4.52 Å². The van der Waals surface area contributed by atoms with E-state index in [0.29, 0.717) is 11.9 Å². The van der Waals surface area contributed by atoms with Gasteiger partial charge in [0.25, 0.3) is 5.95 Å². The highest BCUT2D eigenvalue weighted by Gasteiger charge is 2.31. The second-order valence-corrected chi connectivity index (χ2v) is 4.10. The first-order valence-corrected chi connectivity index (χ1v) is 4.67. The van der Waals surface area contributed by atoms with Crippen LogP contribution in [-0.2, 0) is 0 Å². The molecule has 72 valence electrons. The molecular formula is C9H15N3O. The van der Waals surface area contributed by atoms with Crippen LogP contribution < -0.4 is 4.90 Å². The monoisotopic (exact) mass is 181 g/mol. The van der Waals surface area contributed by atoms with Crippen molar-refractivity contribution in [2.45, 2.75) is 25.7 Å². The van der Waals surface area contributed by atoms with Gasteiger partial charge in [-0.3, -0.25) is 0 Å². The fourth-order valence-electron chi connectivity index (χ4n) is 1.68. The fraction of sp³-hybridized carbons (Fsp3) is 0.778. The summed E-state index contributed by atoms with van der Waals surface area (Å²) in [6.07, 6.45) is 2.38. The molecule has 1 aromatic heterocycles. The van der Waals surface area contributed by atoms with Crippen molar-refractivity contribution in [3.8, 4) is 0 Å². The molecule has 2 rings (SSSR count). The zero-order valence-corrected chi connectivity index (χ0v) is 8.32. The Morgan fingerprint density at radius 1 is 1.38 bits per heavy atom. The Labute approximate surface area is 77.9 Å². The van der Waals surface area contributed by atoms with Crippen LogP contribution in [0.4, 0.5) is 5.95 Å². The van der Waals surface area contributed by atoms with Gasteiger partial charge < -0.3 is 9.42 Å². The van der Waals surface area contributed by atoms with Crippen molar-refractivity contribution in [3.05, 3.63) is 5.89 Å². The maximum Gasteiger partial charge on any atom is 0.265 e. The molecule has 0 amide bonds. The summed E-state index contributed by atoms with van der Waals surface area (Å²) in [6.45, 7) is 2.25. The molecule has 1 aliphatic rings. The van der Waals surface area contributed by atoms with Crippen LogP contribution in [0, 0.1) is 5.92 Å². The van der Waals surface area contributed by atoms with E-state index in [1.807, 2.05) is 19.0 Å². The number of nitrogens with zero attached hydrogens (tertiary/aromatic N) is 3. The Kier molecular flexibility index (Phi) is 1.98. The van der Waals surface area contributed by atoms with Crippen molar-refractivity contribution in [2.24, 2.45) is 5.92 Å². The summed E-state index contributed by atoms with van der Waals surface area (Å²) in [4.78, 5) is 6.17. The first-order valence-electron chi connectivity index (χ1n) is 4.67. The quantitative estimate of drug-likeness (QED) is 0.695. The number of rotatable bonds is 2. The highest BCUT2D eigenvalue weighted by atomic mass is 16.5. The summed E-state index contributed by atoms with van der Waals surface area (Å²) in [5, 5.41) is 3.88. The molecule has 0 radical (unpaired) electrons. The van der Waals surface area contributed by atoms with Crippen LogP contribution in [0.15, 0.2) is 4.52 Å². The van der Waals surface area contributed by atoms with Crippen LogP contribution in [0.2, 0.25) is 0 Å². The van der Waals surface area contributed by atoms with Crippen molar-refractivity contribution in [2.75, 3.05) is 19.0 Å². The molecular weight excluding hydrogens is 166 g/mol. The standard InChI is InChI=1S/C9H15N3O/c1-6-4-7(5-6)8-10-9(11-13-8)12(2)3/h6-7H,4-5H2,1-3H3. The molecule has 0 aliphatic heterocycles. The summed E-state index contributed by atoms with van der Waals surface area (Å²) in [5.41, 5.74) is 0. The molecule has 13 heavy (non-hydrogen) atoms. The molecule has 0 N–H and O–H groups in total. The molecule has 0 unspecified atom stereocenters. The van der Waals surface area contributed by atoms with Crippen molar-refractivity contribution >= 4 is 5.95 Å². The van der Waals surface area contributed by atoms with E-state index in [0.717, 1.165) is 11.8 Å². The number of hydrogen-bond acceptors (Lipinski definition) is 4. The van der Waals surface area contributed by atoms with Gasteiger partial charge in [0.15, 0.2) is 0 Å². The zero-order chi connectivity index (χ0) is 9.42. The highest BCUT2D eigenvalue weighted by Crippen LogP contribution is 2.40. The van der Waals surface area contributed by atoms with E-state index in [1.54, 1.807) is 0 Å². The largest absolute Gasteiger partial charge is 0.344 e. The van der Waals surface area contributed by atoms with Gasteiger partial charge >= 0.3 is 0 Å². The van der Waals surface area contributed by atoms with Gasteiger partial charge in [0.05, 0.1) is 0 Å². The maximum atomic E-state index is 5.18. The van der Waals surface area contributed by atoms with Crippen molar-refractivity contribution in [1.82, 2.24) is 10.1 Å². The van der Waals surface area contributed by atoms with Crippen LogP contribution >= 0.6 is 0 Å². The van der Waals surface area contributed by atoms with Gasteiger partial charge in [-0.25, -0.2) is 0 Å². The lowest BCUT2D eigenvalue weighted by atomic mass is 9.76. The van der Waals surface area contributed by atoms with Crippen LogP contribution in [-0.4, -0.2) is 24.2 Å². The molecule has 0 bridgehead atoms. The molecule has 1 fully saturated rings. The van der Waals surface area contributed by atoms with Gasteiger partial charge in [0.2, 0.25) is 5.89 Å². The van der Waals surface area contributed by atoms with Crippen LogP contribution in [0.1, 0.15) is 31.6 Å². The minimum Gasteiger partial charge on any atom is -0.344 e. The lowest BCUT2D eigenvalue weighted by Crippen LogP contribution is -2.19. The van der Waals surface area contributed by atoms with E-state index < -0.39 is 0 Å². The third-order valence-electron chi connectivity index (χ3n) is 2.55. The van der Waals surface area contributed by atoms with E-state index in [1.165, 1.54) is 12.8 Å². The SMILES string of the molecule is CC1CC(c2nc(N(C)C)no2)C1. The van der Waals surface area contributed by atoms with Crippen LogP contribution in [0.3, 0.4) is 0 Å². The van der Waals surface area contributed by atoms with Crippen LogP contribution in [0.25, 0.3) is 0 Å². The second kappa shape index (κ2) is 3.01. The summed E-state index contributed by atoms with van der Waals surface area (Å²) in [6, 6.07) is 0. The summed E-state index contributed by atoms with van der Waals surface area (Å²) in [7, 11) is 3.83. The Balaban J connectivity index is 2.06. The first-order chi connectivity index (χ1) is 6.16. The lowest BCUT2D eigenvalue weighted by molar-refractivity contribution is 0.227. The third kappa shape index (κ3) is 1.53. The van der Waals surface area contributed by atoms with Crippen molar-refractivity contribution in [1.29, 1.82) is 0 Å². The fourth-order valence-corrected chi connectivity index (χ4v) is 1.68. The molecule has 1 aromatic rings. The van der Waals surface area contributed by atoms with Gasteiger partial charge in [-0.05, 0) is 23.9 Å². The smallest absolute Gasteiger partial charge is 0.265 e. The topological polar surface area (TPSA) is 42.2 Å². The van der Waals surface area contributed by atoms with Gasteiger partial charge in [0, 0.05) is 20.0 Å². The van der Waals surface area contributed by atoms with E-state index in [-0.39, 0.29) is 0 Å². The maximum absolute atomic E-state index is 5.18. The Bertz CT molecular complexity index is 289. The molecule has 4 nitrogen and oxygen atoms in total. The Hall–Kier alpha value is -1.06. The van der Waals surface area contributed by atoms with E-state index >= 15 is 0 Å². The summed E-state index contributed by atoms with van der Waals surface area (Å²) in [5.74, 6) is 2.81. The van der Waals surface area contributed by atoms with Crippen molar-refractivity contribution < 1.29 is 4.52 Å². The highest BCUT2D eigenvalue weighted by molar-refractivity contribution is 5.24. The van der Waals surface area contributed by atoms with Gasteiger partial charge in [0.1, 0.15) is 0 Å². The van der Waals surface area contributed by atoms with Gasteiger partial charge in [-0.2, -0.15) is 4.98 Å². The normalized spacial score (nSPS) is 27.0. The van der Waals surface area contributed by atoms with E-state index in [2.05, 4.69) is 17.1 Å². The van der Waals surface area contributed by atoms with Gasteiger partial charge in [-0.1, -0.05) is 6.92 Å². The predicted octanol–water partition coefficient (Wildman–Crippen LogP) is 1.65. The Morgan fingerprint density at radius 2 is 2.08 bits per heavy atom. The molecule has 0 saturated heterocycles. The number of aromatic nitrogens is 2. The average Bonchev–Trinajstić information content (AvgIpc) is 2.46. The predicted molar refractivity (Wildman–Crippen MR) is 49.8 cm³/mol. The zero-order valence-electron chi connectivity index (χ0n) is 8.32. The molecule has 0 spiro atoms. The van der Waals surface area contributed by atoms with Crippen LogP contribution in [0.5, 0.6) is 0 Å². The summed E-state index contributed by atoms with van der Waals surface area (Å²) < 4.78 is 5.18. The number of hydrogen-bond donors (Lipinski definition) is 0. The lowest BCUT2D eigenvalue weighted by Gasteiger charge is -2.29. The van der Waals surface area contributed by atoms with Gasteiger partial charge in [-0.15, -0.1) is 0 Å². The molecule has 1 saturated carbocycles. The third-order valence-corrected chi connectivity index (χ3v) is 2.55. The van der Waals surface area contributed by atoms with Crippen molar-refractivity contribution in [3.63, 3.8) is 0 Å². The molecule has 0 aromatic carbocycles. The first kappa shape index (κ1) is 8.53. The molecule has 1 aliphatic carbocycles. The summed E-state index contributed by atoms with van der Waals surface area (Å²) >= 11 is 0. The Morgan fingerprint density at radius 3 is 2.54 bits per heavy atom. The van der Waals surface area contributed by atoms with E-state index in [9.17, 15) is 0 Å². The minimum atomic E-state index is 0.510. The molecule has 1 heterocycles. The average molecular weight is 181 g/mol. The second-order valence-electron chi connectivity index (χ2n) is 4.10. The minimum absolute atomic E-state index is 0.510. The molecule has 0 atom stereocenters. The molecule has 4 heteroatoms.